The van der Waals surface area contributed by atoms with Crippen LogP contribution in [0.1, 0.15) is 6.42 Å². The van der Waals surface area contributed by atoms with Crippen molar-refractivity contribution in [2.45, 2.75) is 6.42 Å². The minimum Gasteiger partial charge on any atom is -0.339 e. The summed E-state index contributed by atoms with van der Waals surface area (Å²) in [5, 5.41) is 0. The second kappa shape index (κ2) is 3.51. The lowest BCUT2D eigenvalue weighted by atomic mass is 9.96. The average Bonchev–Trinajstić information content (AvgIpc) is 2.37. The van der Waals surface area contributed by atoms with Gasteiger partial charge >= 0.3 is 0 Å². The molecule has 4 heteroatoms. The Bertz CT molecular complexity index is 140. The predicted octanol–water partition coefficient (Wildman–Crippen LogP) is -0.683. The molecule has 3 nitrogen and oxygen atoms in total. The largest absolute Gasteiger partial charge is 0.339 e. The van der Waals surface area contributed by atoms with Crippen molar-refractivity contribution in [3.8, 4) is 0 Å². The molecule has 1 atom stereocenters. The van der Waals surface area contributed by atoms with E-state index in [0.717, 1.165) is 25.4 Å². The van der Waals surface area contributed by atoms with Gasteiger partial charge in [-0.3, -0.25) is 0 Å². The highest BCUT2D eigenvalue weighted by Gasteiger charge is 2.21. The first-order valence-corrected chi connectivity index (χ1v) is 3.35. The quantitative estimate of drug-likeness (QED) is 0.382. The number of hydrogen-bond donors (Lipinski definition) is 0. The Morgan fingerprint density at radius 2 is 2.30 bits per heavy atom. The van der Waals surface area contributed by atoms with E-state index in [1.54, 1.807) is 0 Å². The molecule has 0 N–H and O–H groups in total. The zero-order valence-electron chi connectivity index (χ0n) is 5.69. The second-order valence-electron chi connectivity index (χ2n) is 2.46. The molecule has 10 heavy (non-hydrogen) atoms. The van der Waals surface area contributed by atoms with E-state index >= 15 is 0 Å². The van der Waals surface area contributed by atoms with Crippen LogP contribution in [0.2, 0.25) is 0 Å². The van der Waals surface area contributed by atoms with E-state index in [2.05, 4.69) is 0 Å². The standard InChI is InChI=1S/C6H9BNO2/c9-4-6-1-2-8(3-6)7-5-10/h4-6H,1-3H2/t6-/m0/s1. The molecule has 1 fully saturated rings. The summed E-state index contributed by atoms with van der Waals surface area (Å²) in [4.78, 5) is 22.1. The fourth-order valence-corrected chi connectivity index (χ4v) is 1.15. The Hall–Kier alpha value is -0.635. The smallest absolute Gasteiger partial charge is 0.293 e. The summed E-state index contributed by atoms with van der Waals surface area (Å²) in [5.41, 5.74) is 0. The Labute approximate surface area is 60.7 Å². The van der Waals surface area contributed by atoms with Gasteiger partial charge in [0.15, 0.2) is 0 Å². The number of aldehydes is 1. The van der Waals surface area contributed by atoms with Crippen LogP contribution in [0.15, 0.2) is 0 Å². The second-order valence-corrected chi connectivity index (χ2v) is 2.46. The molecular formula is C6H9BNO2. The molecule has 0 spiro atoms. The maximum Gasteiger partial charge on any atom is 0.293 e. The topological polar surface area (TPSA) is 37.4 Å². The van der Waals surface area contributed by atoms with Crippen molar-refractivity contribution in [3.05, 3.63) is 0 Å². The highest BCUT2D eigenvalue weighted by atomic mass is 16.1. The summed E-state index contributed by atoms with van der Waals surface area (Å²) in [7, 11) is 1.49. The Morgan fingerprint density at radius 1 is 1.50 bits per heavy atom. The molecule has 1 aliphatic heterocycles. The number of rotatable bonds is 3. The van der Waals surface area contributed by atoms with E-state index in [9.17, 15) is 9.59 Å². The van der Waals surface area contributed by atoms with E-state index in [-0.39, 0.29) is 5.92 Å². The molecule has 1 saturated heterocycles. The Morgan fingerprint density at radius 3 is 2.80 bits per heavy atom. The van der Waals surface area contributed by atoms with Gasteiger partial charge in [-0.25, -0.2) is 0 Å². The molecule has 0 aromatic rings. The van der Waals surface area contributed by atoms with Gasteiger partial charge in [0, 0.05) is 5.92 Å². The number of carbonyl (C=O) groups excluding carboxylic acids is 2. The van der Waals surface area contributed by atoms with Crippen LogP contribution in [0.3, 0.4) is 0 Å². The SMILES string of the molecule is O=C[B]N1CC[C@H](C=O)C1. The number of carbonyl (C=O) groups is 2. The number of hydrogen-bond acceptors (Lipinski definition) is 3. The molecule has 0 saturated carbocycles. The average molecular weight is 138 g/mol. The maximum absolute atomic E-state index is 10.2. The monoisotopic (exact) mass is 138 g/mol. The van der Waals surface area contributed by atoms with Crippen LogP contribution in [0.5, 0.6) is 0 Å². The minimum atomic E-state index is 0.135. The van der Waals surface area contributed by atoms with Crippen LogP contribution in [0, 0.1) is 5.92 Å². The first-order chi connectivity index (χ1) is 4.86. The minimum absolute atomic E-state index is 0.135. The van der Waals surface area contributed by atoms with E-state index in [4.69, 9.17) is 0 Å². The van der Waals surface area contributed by atoms with Crippen LogP contribution in [-0.2, 0) is 9.59 Å². The first kappa shape index (κ1) is 7.47. The highest BCUT2D eigenvalue weighted by molar-refractivity contribution is 6.64. The van der Waals surface area contributed by atoms with Gasteiger partial charge in [0.05, 0.1) is 6.19 Å². The molecule has 0 aliphatic carbocycles. The Kier molecular flexibility index (Phi) is 2.62. The van der Waals surface area contributed by atoms with Crippen LogP contribution in [-0.4, -0.2) is 37.8 Å². The van der Waals surface area contributed by atoms with Crippen molar-refractivity contribution in [2.75, 3.05) is 13.1 Å². The molecule has 1 radical (unpaired) electrons. The molecule has 53 valence electrons. The van der Waals surface area contributed by atoms with Crippen molar-refractivity contribution in [1.29, 1.82) is 0 Å². The maximum atomic E-state index is 10.2. The van der Waals surface area contributed by atoms with Crippen molar-refractivity contribution in [1.82, 2.24) is 4.81 Å². The summed E-state index contributed by atoms with van der Waals surface area (Å²) in [6.07, 6.45) is 2.60. The normalized spacial score (nSPS) is 26.2. The molecule has 0 bridgehead atoms. The molecule has 0 aromatic heterocycles. The van der Waals surface area contributed by atoms with Gasteiger partial charge in [-0.2, -0.15) is 0 Å². The molecule has 1 aliphatic rings. The van der Waals surface area contributed by atoms with Crippen molar-refractivity contribution >= 4 is 19.9 Å². The van der Waals surface area contributed by atoms with Gasteiger partial charge in [-0.15, -0.1) is 0 Å². The van der Waals surface area contributed by atoms with Crippen LogP contribution < -0.4 is 0 Å². The third-order valence-corrected chi connectivity index (χ3v) is 1.72. The van der Waals surface area contributed by atoms with Gasteiger partial charge in [-0.05, 0) is 19.5 Å². The fraction of sp³-hybridized carbons (Fsp3) is 0.667. The van der Waals surface area contributed by atoms with E-state index in [1.807, 2.05) is 4.81 Å². The molecular weight excluding hydrogens is 129 g/mol. The van der Waals surface area contributed by atoms with E-state index in [1.165, 1.54) is 7.41 Å². The molecule has 1 rings (SSSR count). The lowest BCUT2D eigenvalue weighted by Crippen LogP contribution is -2.26. The molecule has 0 amide bonds. The lowest BCUT2D eigenvalue weighted by Gasteiger charge is -2.07. The molecule has 0 unspecified atom stereocenters. The summed E-state index contributed by atoms with van der Waals surface area (Å²) in [6, 6.07) is 0. The van der Waals surface area contributed by atoms with Gasteiger partial charge in [0.2, 0.25) is 0 Å². The van der Waals surface area contributed by atoms with Crippen LogP contribution in [0.4, 0.5) is 0 Å². The van der Waals surface area contributed by atoms with E-state index in [0.29, 0.717) is 6.54 Å². The van der Waals surface area contributed by atoms with Gasteiger partial charge in [0.25, 0.3) is 7.41 Å². The van der Waals surface area contributed by atoms with Gasteiger partial charge < -0.3 is 14.4 Å². The van der Waals surface area contributed by atoms with Gasteiger partial charge in [0.1, 0.15) is 6.29 Å². The zero-order chi connectivity index (χ0) is 7.40. The fourth-order valence-electron chi connectivity index (χ4n) is 1.15. The molecule has 1 heterocycles. The summed E-state index contributed by atoms with van der Waals surface area (Å²) < 4.78 is 0. The summed E-state index contributed by atoms with van der Waals surface area (Å²) >= 11 is 0. The van der Waals surface area contributed by atoms with Crippen molar-refractivity contribution in [2.24, 2.45) is 5.92 Å². The highest BCUT2D eigenvalue weighted by Crippen LogP contribution is 2.11. The van der Waals surface area contributed by atoms with Gasteiger partial charge in [-0.1, -0.05) is 0 Å². The summed E-state index contributed by atoms with van der Waals surface area (Å²) in [6.45, 7) is 1.55. The lowest BCUT2D eigenvalue weighted by molar-refractivity contribution is -0.110. The van der Waals surface area contributed by atoms with E-state index < -0.39 is 0 Å². The third-order valence-electron chi connectivity index (χ3n) is 1.72. The Balaban J connectivity index is 2.27. The number of nitrogens with zero attached hydrogens (tertiary/aromatic N) is 1. The zero-order valence-corrected chi connectivity index (χ0v) is 5.69. The third kappa shape index (κ3) is 1.67. The van der Waals surface area contributed by atoms with Crippen LogP contribution >= 0.6 is 0 Å². The first-order valence-electron chi connectivity index (χ1n) is 3.35. The van der Waals surface area contributed by atoms with Crippen molar-refractivity contribution in [3.63, 3.8) is 0 Å². The summed E-state index contributed by atoms with van der Waals surface area (Å²) in [5.74, 6) is 0.135. The predicted molar refractivity (Wildman–Crippen MR) is 38.2 cm³/mol. The molecule has 0 aromatic carbocycles. The van der Waals surface area contributed by atoms with Crippen molar-refractivity contribution < 1.29 is 9.59 Å². The van der Waals surface area contributed by atoms with Crippen LogP contribution in [0.25, 0.3) is 0 Å².